The molecule has 3 heteroatoms. The Morgan fingerprint density at radius 3 is 2.40 bits per heavy atom. The summed E-state index contributed by atoms with van der Waals surface area (Å²) in [4.78, 5) is 0. The molecule has 0 amide bonds. The van der Waals surface area contributed by atoms with Crippen LogP contribution in [-0.4, -0.2) is 25.6 Å². The fourth-order valence-corrected chi connectivity index (χ4v) is 7.46. The molecule has 0 radical (unpaired) electrons. The lowest BCUT2D eigenvalue weighted by atomic mass is 9.64. The highest BCUT2D eigenvalue weighted by Gasteiger charge is 2.48. The van der Waals surface area contributed by atoms with Crippen molar-refractivity contribution in [3.63, 3.8) is 0 Å². The van der Waals surface area contributed by atoms with Gasteiger partial charge in [-0.15, -0.1) is 0 Å². The molecule has 1 N–H and O–H groups in total. The molecule has 2 nitrogen and oxygen atoms in total. The first-order chi connectivity index (χ1) is 13.8. The van der Waals surface area contributed by atoms with E-state index in [9.17, 15) is 5.11 Å². The van der Waals surface area contributed by atoms with Gasteiger partial charge in [0.15, 0.2) is 8.32 Å². The predicted molar refractivity (Wildman–Crippen MR) is 131 cm³/mol. The fraction of sp³-hybridized carbons (Fsp3) is 0.852. The standard InChI is InChI=1S/C27H48O2Si/c1-18-10-12-22-21(4)16-27(28,17-24(18)22)25-20(3)11-13-23(25)19(2)14-15-29-30(8,9)26(5,6)7/h19,21-23,28H,10-17H2,1-9H3/t19-,21+,22+,23+,27+/m1/s1. The van der Waals surface area contributed by atoms with Gasteiger partial charge >= 0.3 is 0 Å². The van der Waals surface area contributed by atoms with Crippen molar-refractivity contribution in [3.05, 3.63) is 22.3 Å². The third-order valence-corrected chi connectivity index (χ3v) is 13.9. The van der Waals surface area contributed by atoms with Gasteiger partial charge in [-0.25, -0.2) is 0 Å². The molecule has 0 spiro atoms. The lowest BCUT2D eigenvalue weighted by Crippen LogP contribution is -2.43. The highest BCUT2D eigenvalue weighted by molar-refractivity contribution is 6.74. The number of hydrogen-bond acceptors (Lipinski definition) is 2. The summed E-state index contributed by atoms with van der Waals surface area (Å²) in [6.45, 7) is 21.9. The van der Waals surface area contributed by atoms with Gasteiger partial charge in [-0.3, -0.25) is 0 Å². The van der Waals surface area contributed by atoms with Gasteiger partial charge in [0, 0.05) is 13.0 Å². The maximum atomic E-state index is 12.0. The average Bonchev–Trinajstić information content (AvgIpc) is 3.17. The minimum atomic E-state index is -1.69. The van der Waals surface area contributed by atoms with Crippen LogP contribution in [0.15, 0.2) is 22.3 Å². The summed E-state index contributed by atoms with van der Waals surface area (Å²) < 4.78 is 6.50. The normalized spacial score (nSPS) is 34.0. The molecule has 3 aliphatic rings. The van der Waals surface area contributed by atoms with E-state index in [-0.39, 0.29) is 5.04 Å². The molecule has 3 aliphatic carbocycles. The Hall–Kier alpha value is -0.383. The first kappa shape index (κ1) is 24.3. The summed E-state index contributed by atoms with van der Waals surface area (Å²) >= 11 is 0. The summed E-state index contributed by atoms with van der Waals surface area (Å²) in [6, 6.07) is 0. The van der Waals surface area contributed by atoms with Crippen LogP contribution >= 0.6 is 0 Å². The second-order valence-electron chi connectivity index (χ2n) is 12.6. The van der Waals surface area contributed by atoms with E-state index in [0.29, 0.717) is 17.8 Å². The number of allylic oxidation sites excluding steroid dienone is 2. The van der Waals surface area contributed by atoms with Crippen LogP contribution in [-0.2, 0) is 4.43 Å². The zero-order valence-corrected chi connectivity index (χ0v) is 22.3. The highest BCUT2D eigenvalue weighted by Crippen LogP contribution is 2.55. The predicted octanol–water partition coefficient (Wildman–Crippen LogP) is 7.65. The van der Waals surface area contributed by atoms with E-state index in [4.69, 9.17) is 4.43 Å². The molecule has 0 aromatic heterocycles. The van der Waals surface area contributed by atoms with Crippen molar-refractivity contribution in [1.82, 2.24) is 0 Å². The highest BCUT2D eigenvalue weighted by atomic mass is 28.4. The minimum Gasteiger partial charge on any atom is -0.417 e. The summed E-state index contributed by atoms with van der Waals surface area (Å²) in [7, 11) is -1.69. The second kappa shape index (κ2) is 8.52. The van der Waals surface area contributed by atoms with Crippen molar-refractivity contribution in [2.75, 3.05) is 6.61 Å². The molecular weight excluding hydrogens is 384 g/mol. The lowest BCUT2D eigenvalue weighted by molar-refractivity contribution is 0.0133. The number of rotatable bonds is 6. The zero-order valence-electron chi connectivity index (χ0n) is 21.3. The third kappa shape index (κ3) is 4.54. The molecule has 30 heavy (non-hydrogen) atoms. The molecule has 1 saturated carbocycles. The van der Waals surface area contributed by atoms with Crippen molar-refractivity contribution in [2.24, 2.45) is 23.7 Å². The van der Waals surface area contributed by atoms with E-state index < -0.39 is 13.9 Å². The molecule has 0 unspecified atom stereocenters. The van der Waals surface area contributed by atoms with Crippen LogP contribution in [0.3, 0.4) is 0 Å². The first-order valence-electron chi connectivity index (χ1n) is 12.5. The van der Waals surface area contributed by atoms with Crippen LogP contribution < -0.4 is 0 Å². The van der Waals surface area contributed by atoms with Gasteiger partial charge in [0.05, 0.1) is 5.60 Å². The number of fused-ring (bicyclic) bond motifs is 1. The minimum absolute atomic E-state index is 0.266. The van der Waals surface area contributed by atoms with Crippen LogP contribution in [0.2, 0.25) is 18.1 Å². The summed E-state index contributed by atoms with van der Waals surface area (Å²) in [6.07, 6.45) is 7.86. The summed E-state index contributed by atoms with van der Waals surface area (Å²) in [5, 5.41) is 12.3. The smallest absolute Gasteiger partial charge is 0.191 e. The summed E-state index contributed by atoms with van der Waals surface area (Å²) in [5.74, 6) is 2.40. The quantitative estimate of drug-likeness (QED) is 0.345. The molecule has 5 atom stereocenters. The maximum absolute atomic E-state index is 12.0. The first-order valence-corrected chi connectivity index (χ1v) is 15.4. The van der Waals surface area contributed by atoms with Crippen molar-refractivity contribution in [1.29, 1.82) is 0 Å². The van der Waals surface area contributed by atoms with Gasteiger partial charge < -0.3 is 9.53 Å². The van der Waals surface area contributed by atoms with Gasteiger partial charge in [-0.1, -0.05) is 51.3 Å². The molecule has 0 saturated heterocycles. The van der Waals surface area contributed by atoms with Gasteiger partial charge in [0.25, 0.3) is 0 Å². The molecule has 1 fully saturated rings. The van der Waals surface area contributed by atoms with E-state index in [0.717, 1.165) is 38.2 Å². The molecule has 172 valence electrons. The van der Waals surface area contributed by atoms with Gasteiger partial charge in [-0.05, 0) is 99.7 Å². The maximum Gasteiger partial charge on any atom is 0.191 e. The van der Waals surface area contributed by atoms with E-state index in [1.54, 1.807) is 11.1 Å². The Morgan fingerprint density at radius 1 is 1.13 bits per heavy atom. The van der Waals surface area contributed by atoms with Gasteiger partial charge in [0.1, 0.15) is 0 Å². The average molecular weight is 433 g/mol. The van der Waals surface area contributed by atoms with Crippen LogP contribution in [0.4, 0.5) is 0 Å². The van der Waals surface area contributed by atoms with E-state index in [1.807, 2.05) is 0 Å². The Balaban J connectivity index is 1.72. The lowest BCUT2D eigenvalue weighted by Gasteiger charge is -2.45. The van der Waals surface area contributed by atoms with Crippen molar-refractivity contribution < 1.29 is 9.53 Å². The summed E-state index contributed by atoms with van der Waals surface area (Å²) in [5.41, 5.74) is 5.43. The van der Waals surface area contributed by atoms with Crippen LogP contribution in [0.25, 0.3) is 0 Å². The topological polar surface area (TPSA) is 29.5 Å². The monoisotopic (exact) mass is 432 g/mol. The second-order valence-corrected chi connectivity index (χ2v) is 17.4. The zero-order chi connectivity index (χ0) is 22.5. The number of aliphatic hydroxyl groups is 1. The van der Waals surface area contributed by atoms with Crippen molar-refractivity contribution in [3.8, 4) is 0 Å². The Morgan fingerprint density at radius 2 is 1.77 bits per heavy atom. The van der Waals surface area contributed by atoms with E-state index in [2.05, 4.69) is 61.6 Å². The van der Waals surface area contributed by atoms with Gasteiger partial charge in [-0.2, -0.15) is 0 Å². The SMILES string of the molecule is CC1=C2C[C@](O)(C3=C(C)CC[C@H]3[C@H](C)CCO[Si](C)(C)C(C)(C)C)C[C@H](C)[C@@H]2CC1. The van der Waals surface area contributed by atoms with Crippen LogP contribution in [0.5, 0.6) is 0 Å². The van der Waals surface area contributed by atoms with Crippen molar-refractivity contribution >= 4 is 8.32 Å². The third-order valence-electron chi connectivity index (χ3n) is 9.35. The molecule has 0 heterocycles. The fourth-order valence-electron chi connectivity index (χ4n) is 6.40. The molecule has 0 bridgehead atoms. The Kier molecular flexibility index (Phi) is 6.89. The Bertz CT molecular complexity index is 711. The molecule has 3 rings (SSSR count). The van der Waals surface area contributed by atoms with Gasteiger partial charge in [0.2, 0.25) is 0 Å². The van der Waals surface area contributed by atoms with Crippen molar-refractivity contribution in [2.45, 2.75) is 117 Å². The number of hydrogen-bond donors (Lipinski definition) is 1. The molecule has 0 aliphatic heterocycles. The molecule has 0 aromatic carbocycles. The molecule has 0 aromatic rings. The Labute approximate surface area is 187 Å². The van der Waals surface area contributed by atoms with Crippen LogP contribution in [0, 0.1) is 23.7 Å². The largest absolute Gasteiger partial charge is 0.417 e. The van der Waals surface area contributed by atoms with E-state index >= 15 is 0 Å². The van der Waals surface area contributed by atoms with E-state index in [1.165, 1.54) is 30.4 Å². The van der Waals surface area contributed by atoms with Crippen LogP contribution in [0.1, 0.15) is 93.4 Å². The molecular formula is C27H48O2Si.